The van der Waals surface area contributed by atoms with Gasteiger partial charge in [-0.15, -0.1) is 0 Å². The molecule has 2 unspecified atom stereocenters. The van der Waals surface area contributed by atoms with Crippen molar-refractivity contribution in [1.82, 2.24) is 4.90 Å². The molecule has 3 aromatic rings. The van der Waals surface area contributed by atoms with E-state index in [1.54, 1.807) is 60.7 Å². The van der Waals surface area contributed by atoms with Gasteiger partial charge in [-0.1, -0.05) is 24.3 Å². The lowest BCUT2D eigenvalue weighted by Gasteiger charge is -2.31. The summed E-state index contributed by atoms with van der Waals surface area (Å²) in [5.41, 5.74) is 3.97. The van der Waals surface area contributed by atoms with Crippen LogP contribution in [0.4, 0.5) is 13.2 Å². The standard InChI is InChI=1S/C29H28F3NO4/c1-18-24-16-22(35)9-12-25(24)37-28(27(18)20-5-4-6-21(34)15-20)19-7-10-23(11-8-19)36-17-26(29(30,31)32)33-13-2-3-14-33/h4-12,15-16,26,28,34-35H,2-3,13-14,17H2,1H3. The third-order valence-corrected chi connectivity index (χ3v) is 6.99. The van der Waals surface area contributed by atoms with Crippen molar-refractivity contribution in [3.63, 3.8) is 0 Å². The normalized spacial score (nSPS) is 18.9. The maximum atomic E-state index is 13.6. The number of nitrogens with zero attached hydrogens (tertiary/aromatic N) is 1. The molecule has 2 heterocycles. The van der Waals surface area contributed by atoms with Gasteiger partial charge >= 0.3 is 6.18 Å². The molecule has 3 aromatic carbocycles. The van der Waals surface area contributed by atoms with E-state index in [9.17, 15) is 23.4 Å². The molecule has 0 bridgehead atoms. The molecule has 2 aliphatic rings. The van der Waals surface area contributed by atoms with E-state index in [4.69, 9.17) is 9.47 Å². The molecule has 2 N–H and O–H groups in total. The molecule has 0 saturated carbocycles. The van der Waals surface area contributed by atoms with Crippen LogP contribution in [0.25, 0.3) is 11.1 Å². The van der Waals surface area contributed by atoms with Crippen LogP contribution in [-0.2, 0) is 0 Å². The maximum absolute atomic E-state index is 13.6. The van der Waals surface area contributed by atoms with Gasteiger partial charge in [-0.25, -0.2) is 0 Å². The minimum atomic E-state index is -4.36. The Bertz CT molecular complexity index is 1300. The number of halogens is 3. The second-order valence-corrected chi connectivity index (χ2v) is 9.45. The van der Waals surface area contributed by atoms with Gasteiger partial charge in [0.15, 0.2) is 0 Å². The highest BCUT2D eigenvalue weighted by Crippen LogP contribution is 2.47. The first-order chi connectivity index (χ1) is 17.7. The zero-order chi connectivity index (χ0) is 26.2. The number of phenols is 2. The first-order valence-corrected chi connectivity index (χ1v) is 12.2. The Morgan fingerprint density at radius 2 is 1.68 bits per heavy atom. The van der Waals surface area contributed by atoms with E-state index in [0.29, 0.717) is 24.6 Å². The molecule has 5 nitrogen and oxygen atoms in total. The minimum Gasteiger partial charge on any atom is -0.508 e. The van der Waals surface area contributed by atoms with Gasteiger partial charge in [0.2, 0.25) is 0 Å². The first kappa shape index (κ1) is 25.0. The monoisotopic (exact) mass is 511 g/mol. The summed E-state index contributed by atoms with van der Waals surface area (Å²) in [7, 11) is 0. The molecule has 0 aromatic heterocycles. The lowest BCUT2D eigenvalue weighted by atomic mass is 9.86. The lowest BCUT2D eigenvalue weighted by Crippen LogP contribution is -2.48. The first-order valence-electron chi connectivity index (χ1n) is 12.2. The average Bonchev–Trinajstić information content (AvgIpc) is 3.38. The molecule has 2 aliphatic heterocycles. The van der Waals surface area contributed by atoms with Crippen molar-refractivity contribution in [3.05, 3.63) is 83.4 Å². The fourth-order valence-electron chi connectivity index (χ4n) is 5.09. The fraction of sp³-hybridized carbons (Fsp3) is 0.310. The zero-order valence-electron chi connectivity index (χ0n) is 20.3. The minimum absolute atomic E-state index is 0.110. The molecule has 194 valence electrons. The number of ether oxygens (including phenoxy) is 2. The summed E-state index contributed by atoms with van der Waals surface area (Å²) < 4.78 is 52.8. The van der Waals surface area contributed by atoms with E-state index in [0.717, 1.165) is 40.7 Å². The van der Waals surface area contributed by atoms with Crippen LogP contribution >= 0.6 is 0 Å². The number of phenolic OH excluding ortho intramolecular Hbond substituents is 2. The summed E-state index contributed by atoms with van der Waals surface area (Å²) in [5.74, 6) is 1.17. The predicted octanol–water partition coefficient (Wildman–Crippen LogP) is 6.57. The van der Waals surface area contributed by atoms with Gasteiger partial charge < -0.3 is 19.7 Å². The summed E-state index contributed by atoms with van der Waals surface area (Å²) in [5, 5.41) is 20.1. The number of likely N-dealkylation sites (tertiary alicyclic amines) is 1. The van der Waals surface area contributed by atoms with Crippen LogP contribution in [0.1, 0.15) is 42.6 Å². The van der Waals surface area contributed by atoms with Crippen molar-refractivity contribution >= 4 is 11.1 Å². The quantitative estimate of drug-likeness (QED) is 0.392. The summed E-state index contributed by atoms with van der Waals surface area (Å²) in [4.78, 5) is 1.44. The molecule has 0 spiro atoms. The van der Waals surface area contributed by atoms with Crippen LogP contribution < -0.4 is 9.47 Å². The molecule has 2 atom stereocenters. The molecular weight excluding hydrogens is 483 g/mol. The largest absolute Gasteiger partial charge is 0.508 e. The van der Waals surface area contributed by atoms with Crippen LogP contribution in [0.15, 0.2) is 66.7 Å². The lowest BCUT2D eigenvalue weighted by molar-refractivity contribution is -0.187. The summed E-state index contributed by atoms with van der Waals surface area (Å²) in [6.45, 7) is 2.32. The second-order valence-electron chi connectivity index (χ2n) is 9.45. The van der Waals surface area contributed by atoms with Crippen LogP contribution in [0.3, 0.4) is 0 Å². The number of aromatic hydroxyl groups is 2. The van der Waals surface area contributed by atoms with Gasteiger partial charge in [-0.05, 0) is 92.0 Å². The number of rotatable bonds is 6. The van der Waals surface area contributed by atoms with E-state index in [1.165, 1.54) is 4.90 Å². The summed E-state index contributed by atoms with van der Waals surface area (Å²) in [6, 6.07) is 17.0. The second kappa shape index (κ2) is 10.0. The van der Waals surface area contributed by atoms with Gasteiger partial charge in [0.05, 0.1) is 0 Å². The van der Waals surface area contributed by atoms with Crippen LogP contribution in [0.2, 0.25) is 0 Å². The van der Waals surface area contributed by atoms with Gasteiger partial charge in [0.1, 0.15) is 41.8 Å². The van der Waals surface area contributed by atoms with Gasteiger partial charge in [-0.2, -0.15) is 13.2 Å². The highest BCUT2D eigenvalue weighted by atomic mass is 19.4. The van der Waals surface area contributed by atoms with Crippen LogP contribution in [0.5, 0.6) is 23.0 Å². The van der Waals surface area contributed by atoms with Gasteiger partial charge in [0, 0.05) is 11.1 Å². The van der Waals surface area contributed by atoms with Crippen LogP contribution in [0, 0.1) is 0 Å². The SMILES string of the molecule is CC1=C(c2cccc(O)c2)C(c2ccc(OCC(N3CCCC3)C(F)(F)F)cc2)Oc2ccc(O)cc21. The predicted molar refractivity (Wildman–Crippen MR) is 135 cm³/mol. The van der Waals surface area contributed by atoms with Gasteiger partial charge in [0.25, 0.3) is 0 Å². The van der Waals surface area contributed by atoms with Crippen molar-refractivity contribution < 1.29 is 32.9 Å². The van der Waals surface area contributed by atoms with Gasteiger partial charge in [-0.3, -0.25) is 4.90 Å². The molecular formula is C29H28F3NO4. The Morgan fingerprint density at radius 3 is 2.35 bits per heavy atom. The van der Waals surface area contributed by atoms with E-state index in [-0.39, 0.29) is 11.5 Å². The van der Waals surface area contributed by atoms with Crippen molar-refractivity contribution in [2.75, 3.05) is 19.7 Å². The highest BCUT2D eigenvalue weighted by molar-refractivity contribution is 5.95. The molecule has 0 amide bonds. The molecule has 1 saturated heterocycles. The van der Waals surface area contributed by atoms with Crippen LogP contribution in [-0.4, -0.2) is 47.0 Å². The fourth-order valence-corrected chi connectivity index (χ4v) is 5.09. The molecule has 8 heteroatoms. The molecule has 5 rings (SSSR count). The summed E-state index contributed by atoms with van der Waals surface area (Å²) in [6.07, 6.45) is -3.37. The number of benzene rings is 3. The number of hydrogen-bond acceptors (Lipinski definition) is 5. The zero-order valence-corrected chi connectivity index (χ0v) is 20.3. The number of alkyl halides is 3. The van der Waals surface area contributed by atoms with E-state index < -0.39 is 24.9 Å². The van der Waals surface area contributed by atoms with E-state index in [1.807, 2.05) is 13.0 Å². The third-order valence-electron chi connectivity index (χ3n) is 6.99. The van der Waals surface area contributed by atoms with Crippen molar-refractivity contribution in [1.29, 1.82) is 0 Å². The Morgan fingerprint density at radius 1 is 0.973 bits per heavy atom. The van der Waals surface area contributed by atoms with Crippen molar-refractivity contribution in [2.24, 2.45) is 0 Å². The van der Waals surface area contributed by atoms with E-state index in [2.05, 4.69) is 0 Å². The topological polar surface area (TPSA) is 62.2 Å². The number of fused-ring (bicyclic) bond motifs is 1. The summed E-state index contributed by atoms with van der Waals surface area (Å²) >= 11 is 0. The molecule has 1 fully saturated rings. The Labute approximate surface area is 213 Å². The smallest absolute Gasteiger partial charge is 0.407 e. The molecule has 0 aliphatic carbocycles. The highest BCUT2D eigenvalue weighted by Gasteiger charge is 2.44. The maximum Gasteiger partial charge on any atom is 0.407 e. The Kier molecular flexibility index (Phi) is 6.77. The molecule has 37 heavy (non-hydrogen) atoms. The number of hydrogen-bond donors (Lipinski definition) is 2. The third kappa shape index (κ3) is 5.25. The van der Waals surface area contributed by atoms with Crippen molar-refractivity contribution in [3.8, 4) is 23.0 Å². The Hall–Kier alpha value is -3.65. The Balaban J connectivity index is 1.42. The molecule has 0 radical (unpaired) electrons. The number of allylic oxidation sites excluding steroid dienone is 1. The average molecular weight is 512 g/mol. The van der Waals surface area contributed by atoms with Crippen molar-refractivity contribution in [2.45, 2.75) is 38.1 Å². The van der Waals surface area contributed by atoms with E-state index >= 15 is 0 Å².